The molecule has 3 N–H and O–H groups in total. The molecule has 0 radical (unpaired) electrons. The Morgan fingerprint density at radius 2 is 2.10 bits per heavy atom. The fourth-order valence-electron chi connectivity index (χ4n) is 2.17. The van der Waals surface area contributed by atoms with E-state index >= 15 is 0 Å². The van der Waals surface area contributed by atoms with Gasteiger partial charge in [-0.3, -0.25) is 14.9 Å². The number of hydrogen-bond acceptors (Lipinski definition) is 3. The third kappa shape index (κ3) is 3.19. The smallest absolute Gasteiger partial charge is 0.323 e. The molecule has 1 aromatic rings. The molecule has 0 spiro atoms. The molecule has 20 heavy (non-hydrogen) atoms. The van der Waals surface area contributed by atoms with Gasteiger partial charge in [0.05, 0.1) is 6.54 Å². The Kier molecular flexibility index (Phi) is 4.45. The number of aryl methyl sites for hydroxylation is 1. The lowest BCUT2D eigenvalue weighted by Crippen LogP contribution is -2.58. The Bertz CT molecular complexity index is 541. The van der Waals surface area contributed by atoms with Crippen molar-refractivity contribution in [1.29, 1.82) is 0 Å². The number of benzene rings is 1. The van der Waals surface area contributed by atoms with E-state index < -0.39 is 11.5 Å². The van der Waals surface area contributed by atoms with Crippen LogP contribution in [-0.4, -0.2) is 29.1 Å². The lowest BCUT2D eigenvalue weighted by molar-refractivity contribution is -0.148. The summed E-state index contributed by atoms with van der Waals surface area (Å²) in [7, 11) is 0. The zero-order valence-corrected chi connectivity index (χ0v) is 12.8. The highest BCUT2D eigenvalue weighted by Crippen LogP contribution is 2.31. The number of carbonyl (C=O) groups is 2. The predicted octanol–water partition coefficient (Wildman–Crippen LogP) is 2.29. The first-order chi connectivity index (χ1) is 9.43. The second-order valence-corrected chi connectivity index (χ2v) is 5.96. The summed E-state index contributed by atoms with van der Waals surface area (Å²) < 4.78 is 0.980. The first-order valence-corrected chi connectivity index (χ1v) is 7.27. The normalized spacial score (nSPS) is 16.3. The van der Waals surface area contributed by atoms with Crippen molar-refractivity contribution in [2.75, 3.05) is 11.9 Å². The standard InChI is InChI=1S/C14H17BrN2O3/c1-9-7-10(3-4-11(9)15)17-12(18)8-16-14(13(19)20)5-2-6-14/h3-4,7,16H,2,5-6,8H2,1H3,(H,17,18)(H,19,20). The van der Waals surface area contributed by atoms with Crippen LogP contribution in [0.5, 0.6) is 0 Å². The molecule has 6 heteroatoms. The Hall–Kier alpha value is -1.40. The quantitative estimate of drug-likeness (QED) is 0.768. The highest BCUT2D eigenvalue weighted by Gasteiger charge is 2.44. The summed E-state index contributed by atoms with van der Waals surface area (Å²) >= 11 is 3.39. The van der Waals surface area contributed by atoms with Gasteiger partial charge in [0.25, 0.3) is 0 Å². The number of aliphatic carboxylic acids is 1. The summed E-state index contributed by atoms with van der Waals surface area (Å²) in [6, 6.07) is 5.52. The summed E-state index contributed by atoms with van der Waals surface area (Å²) in [5.74, 6) is -1.12. The summed E-state index contributed by atoms with van der Waals surface area (Å²) in [5, 5.41) is 14.8. The van der Waals surface area contributed by atoms with Gasteiger partial charge >= 0.3 is 5.97 Å². The summed E-state index contributed by atoms with van der Waals surface area (Å²) in [6.07, 6.45) is 2.03. The Labute approximate surface area is 125 Å². The summed E-state index contributed by atoms with van der Waals surface area (Å²) in [6.45, 7) is 1.94. The molecule has 1 aliphatic carbocycles. The number of anilines is 1. The largest absolute Gasteiger partial charge is 0.480 e. The number of halogens is 1. The van der Waals surface area contributed by atoms with E-state index in [4.69, 9.17) is 5.11 Å². The van der Waals surface area contributed by atoms with Gasteiger partial charge in [-0.15, -0.1) is 0 Å². The molecule has 1 fully saturated rings. The average molecular weight is 341 g/mol. The molecule has 1 aromatic carbocycles. The van der Waals surface area contributed by atoms with Gasteiger partial charge in [-0.1, -0.05) is 15.9 Å². The lowest BCUT2D eigenvalue weighted by atomic mass is 9.77. The van der Waals surface area contributed by atoms with Crippen molar-refractivity contribution >= 4 is 33.5 Å². The van der Waals surface area contributed by atoms with Crippen molar-refractivity contribution in [3.8, 4) is 0 Å². The summed E-state index contributed by atoms with van der Waals surface area (Å²) in [5.41, 5.74) is 0.819. The third-order valence-electron chi connectivity index (χ3n) is 3.65. The molecule has 108 valence electrons. The minimum atomic E-state index is -0.910. The average Bonchev–Trinajstić information content (AvgIpc) is 2.32. The maximum Gasteiger partial charge on any atom is 0.323 e. The van der Waals surface area contributed by atoms with Crippen molar-refractivity contribution < 1.29 is 14.7 Å². The van der Waals surface area contributed by atoms with E-state index in [1.807, 2.05) is 19.1 Å². The number of rotatable bonds is 5. The molecular weight excluding hydrogens is 324 g/mol. The second kappa shape index (κ2) is 5.93. The number of hydrogen-bond donors (Lipinski definition) is 3. The van der Waals surface area contributed by atoms with Crippen LogP contribution in [0, 0.1) is 6.92 Å². The van der Waals surface area contributed by atoms with Crippen molar-refractivity contribution in [1.82, 2.24) is 5.32 Å². The molecule has 0 heterocycles. The molecule has 0 aromatic heterocycles. The van der Waals surface area contributed by atoms with E-state index in [1.54, 1.807) is 6.07 Å². The van der Waals surface area contributed by atoms with Crippen molar-refractivity contribution in [2.45, 2.75) is 31.7 Å². The molecular formula is C14H17BrN2O3. The Balaban J connectivity index is 1.89. The van der Waals surface area contributed by atoms with Crippen LogP contribution in [0.1, 0.15) is 24.8 Å². The van der Waals surface area contributed by atoms with Crippen LogP contribution in [0.2, 0.25) is 0 Å². The minimum Gasteiger partial charge on any atom is -0.480 e. The highest BCUT2D eigenvalue weighted by molar-refractivity contribution is 9.10. The minimum absolute atomic E-state index is 0.00140. The number of nitrogens with one attached hydrogen (secondary N) is 2. The van der Waals surface area contributed by atoms with Crippen LogP contribution < -0.4 is 10.6 Å². The zero-order chi connectivity index (χ0) is 14.8. The first-order valence-electron chi connectivity index (χ1n) is 6.47. The molecule has 1 aliphatic rings. The van der Waals surface area contributed by atoms with Crippen molar-refractivity contribution in [3.05, 3.63) is 28.2 Å². The van der Waals surface area contributed by atoms with E-state index in [9.17, 15) is 9.59 Å². The molecule has 1 amide bonds. The van der Waals surface area contributed by atoms with Crippen LogP contribution in [-0.2, 0) is 9.59 Å². The monoisotopic (exact) mass is 340 g/mol. The van der Waals surface area contributed by atoms with Gasteiger partial charge in [-0.25, -0.2) is 0 Å². The maximum absolute atomic E-state index is 11.8. The number of carboxylic acids is 1. The fourth-order valence-corrected chi connectivity index (χ4v) is 2.42. The molecule has 0 aliphatic heterocycles. The number of carboxylic acid groups (broad SMARTS) is 1. The molecule has 2 rings (SSSR count). The van der Waals surface area contributed by atoms with Crippen molar-refractivity contribution in [2.24, 2.45) is 0 Å². The van der Waals surface area contributed by atoms with Gasteiger partial charge < -0.3 is 10.4 Å². The van der Waals surface area contributed by atoms with Crippen LogP contribution in [0.3, 0.4) is 0 Å². The van der Waals surface area contributed by atoms with Gasteiger partial charge in [-0.2, -0.15) is 0 Å². The van der Waals surface area contributed by atoms with E-state index in [1.165, 1.54) is 0 Å². The SMILES string of the molecule is Cc1cc(NC(=O)CNC2(C(=O)O)CCC2)ccc1Br. The van der Waals surface area contributed by atoms with Crippen LogP contribution in [0.25, 0.3) is 0 Å². The van der Waals surface area contributed by atoms with Gasteiger partial charge in [0, 0.05) is 10.2 Å². The van der Waals surface area contributed by atoms with Crippen LogP contribution in [0.4, 0.5) is 5.69 Å². The molecule has 5 nitrogen and oxygen atoms in total. The molecule has 1 saturated carbocycles. The number of amides is 1. The Morgan fingerprint density at radius 1 is 1.40 bits per heavy atom. The van der Waals surface area contributed by atoms with E-state index in [2.05, 4.69) is 26.6 Å². The first kappa shape index (κ1) is 15.0. The van der Waals surface area contributed by atoms with Crippen molar-refractivity contribution in [3.63, 3.8) is 0 Å². The summed E-state index contributed by atoms with van der Waals surface area (Å²) in [4.78, 5) is 23.0. The molecule has 0 unspecified atom stereocenters. The third-order valence-corrected chi connectivity index (χ3v) is 4.54. The van der Waals surface area contributed by atoms with Crippen LogP contribution in [0.15, 0.2) is 22.7 Å². The Morgan fingerprint density at radius 3 is 2.60 bits per heavy atom. The maximum atomic E-state index is 11.8. The van der Waals surface area contributed by atoms with Gasteiger partial charge in [0.2, 0.25) is 5.91 Å². The molecule has 0 saturated heterocycles. The predicted molar refractivity (Wildman–Crippen MR) is 79.7 cm³/mol. The van der Waals surface area contributed by atoms with Gasteiger partial charge in [-0.05, 0) is 49.9 Å². The van der Waals surface area contributed by atoms with E-state index in [0.29, 0.717) is 18.5 Å². The number of carbonyl (C=O) groups excluding carboxylic acids is 1. The van der Waals surface area contributed by atoms with Gasteiger partial charge in [0.1, 0.15) is 5.54 Å². The zero-order valence-electron chi connectivity index (χ0n) is 11.2. The van der Waals surface area contributed by atoms with Gasteiger partial charge in [0.15, 0.2) is 0 Å². The van der Waals surface area contributed by atoms with E-state index in [0.717, 1.165) is 16.5 Å². The molecule has 0 atom stereocenters. The lowest BCUT2D eigenvalue weighted by Gasteiger charge is -2.38. The second-order valence-electron chi connectivity index (χ2n) is 5.11. The van der Waals surface area contributed by atoms with Crippen LogP contribution >= 0.6 is 15.9 Å². The topological polar surface area (TPSA) is 78.4 Å². The highest BCUT2D eigenvalue weighted by atomic mass is 79.9. The van der Waals surface area contributed by atoms with E-state index in [-0.39, 0.29) is 12.5 Å². The molecule has 0 bridgehead atoms. The fraction of sp³-hybridized carbons (Fsp3) is 0.429.